The summed E-state index contributed by atoms with van der Waals surface area (Å²) < 4.78 is 1.87. The molecule has 2 heterocycles. The van der Waals surface area contributed by atoms with E-state index in [0.29, 0.717) is 29.7 Å². The van der Waals surface area contributed by atoms with Crippen molar-refractivity contribution in [1.82, 2.24) is 9.55 Å². The number of anilines is 1. The molecule has 2 aliphatic carbocycles. The average molecular weight is 274 g/mol. The molecule has 5 heteroatoms. The van der Waals surface area contributed by atoms with Crippen molar-refractivity contribution in [3.63, 3.8) is 0 Å². The third kappa shape index (κ3) is 2.04. The van der Waals surface area contributed by atoms with Crippen LogP contribution in [0.4, 0.5) is 5.82 Å². The Morgan fingerprint density at radius 3 is 2.75 bits per heavy atom. The van der Waals surface area contributed by atoms with Crippen LogP contribution in [0.25, 0.3) is 0 Å². The van der Waals surface area contributed by atoms with Crippen molar-refractivity contribution in [2.24, 2.45) is 17.6 Å². The topological polar surface area (TPSA) is 64.2 Å². The van der Waals surface area contributed by atoms with Gasteiger partial charge in [0.1, 0.15) is 0 Å². The summed E-state index contributed by atoms with van der Waals surface area (Å²) in [7, 11) is 0. The lowest BCUT2D eigenvalue weighted by atomic mass is 9.79. The number of rotatable bonds is 2. The second-order valence-corrected chi connectivity index (χ2v) is 6.69. The Bertz CT molecular complexity index is 565. The van der Waals surface area contributed by atoms with Crippen LogP contribution in [-0.2, 0) is 0 Å². The Hall–Kier alpha value is -1.36. The second kappa shape index (κ2) is 4.58. The van der Waals surface area contributed by atoms with E-state index in [2.05, 4.69) is 9.88 Å². The molecule has 20 heavy (non-hydrogen) atoms. The van der Waals surface area contributed by atoms with Crippen molar-refractivity contribution < 1.29 is 0 Å². The lowest BCUT2D eigenvalue weighted by molar-refractivity contribution is 0.271. The van der Waals surface area contributed by atoms with E-state index in [4.69, 9.17) is 5.73 Å². The van der Waals surface area contributed by atoms with E-state index >= 15 is 0 Å². The molecule has 2 N–H and O–H groups in total. The maximum atomic E-state index is 12.5. The van der Waals surface area contributed by atoms with E-state index in [1.807, 2.05) is 10.8 Å². The van der Waals surface area contributed by atoms with Crippen LogP contribution in [0.3, 0.4) is 0 Å². The molecule has 1 aromatic heterocycles. The SMILES string of the molecule is NC1CC[C@@H]2CN(c3nccn(C4CC4)c3=O)C[C@@H]2C1. The third-order valence-corrected chi connectivity index (χ3v) is 5.18. The van der Waals surface area contributed by atoms with Crippen LogP contribution in [0, 0.1) is 11.8 Å². The highest BCUT2D eigenvalue weighted by atomic mass is 16.1. The largest absolute Gasteiger partial charge is 0.351 e. The summed E-state index contributed by atoms with van der Waals surface area (Å²) in [5.41, 5.74) is 6.17. The number of fused-ring (bicyclic) bond motifs is 1. The van der Waals surface area contributed by atoms with Gasteiger partial charge in [-0.2, -0.15) is 0 Å². The molecule has 1 saturated heterocycles. The molecule has 1 unspecified atom stereocenters. The molecule has 2 saturated carbocycles. The molecule has 1 aromatic rings. The van der Waals surface area contributed by atoms with Gasteiger partial charge in [0.2, 0.25) is 0 Å². The maximum Gasteiger partial charge on any atom is 0.293 e. The van der Waals surface area contributed by atoms with Crippen LogP contribution in [0.2, 0.25) is 0 Å². The molecule has 0 spiro atoms. The summed E-state index contributed by atoms with van der Waals surface area (Å²) >= 11 is 0. The lowest BCUT2D eigenvalue weighted by Crippen LogP contribution is -2.32. The van der Waals surface area contributed by atoms with Gasteiger partial charge in [-0.15, -0.1) is 0 Å². The predicted octanol–water partition coefficient (Wildman–Crippen LogP) is 1.14. The van der Waals surface area contributed by atoms with Crippen molar-refractivity contribution in [1.29, 1.82) is 0 Å². The van der Waals surface area contributed by atoms with Gasteiger partial charge in [-0.1, -0.05) is 0 Å². The monoisotopic (exact) mass is 274 g/mol. The van der Waals surface area contributed by atoms with Gasteiger partial charge in [0.25, 0.3) is 5.56 Å². The average Bonchev–Trinajstić information content (AvgIpc) is 3.19. The van der Waals surface area contributed by atoms with Crippen LogP contribution in [0.5, 0.6) is 0 Å². The van der Waals surface area contributed by atoms with Crippen LogP contribution in [-0.4, -0.2) is 28.7 Å². The lowest BCUT2D eigenvalue weighted by Gasteiger charge is -2.27. The van der Waals surface area contributed by atoms with Gasteiger partial charge >= 0.3 is 0 Å². The van der Waals surface area contributed by atoms with Gasteiger partial charge in [-0.25, -0.2) is 4.98 Å². The molecule has 3 atom stereocenters. The highest BCUT2D eigenvalue weighted by molar-refractivity contribution is 5.38. The Kier molecular flexibility index (Phi) is 2.84. The summed E-state index contributed by atoms with van der Waals surface area (Å²) in [6.45, 7) is 1.93. The summed E-state index contributed by atoms with van der Waals surface area (Å²) in [4.78, 5) is 19.1. The zero-order valence-corrected chi connectivity index (χ0v) is 11.7. The van der Waals surface area contributed by atoms with Gasteiger partial charge in [0.05, 0.1) is 0 Å². The van der Waals surface area contributed by atoms with Crippen molar-refractivity contribution in [2.45, 2.75) is 44.2 Å². The molecule has 108 valence electrons. The van der Waals surface area contributed by atoms with Crippen molar-refractivity contribution in [3.8, 4) is 0 Å². The van der Waals surface area contributed by atoms with E-state index in [1.165, 1.54) is 6.42 Å². The van der Waals surface area contributed by atoms with Gasteiger partial charge in [0, 0.05) is 37.6 Å². The first-order chi connectivity index (χ1) is 9.72. The second-order valence-electron chi connectivity index (χ2n) is 6.69. The van der Waals surface area contributed by atoms with Crippen LogP contribution in [0.1, 0.15) is 38.1 Å². The fraction of sp³-hybridized carbons (Fsp3) is 0.733. The molecule has 3 fully saturated rings. The fourth-order valence-electron chi connectivity index (χ4n) is 3.91. The van der Waals surface area contributed by atoms with E-state index in [0.717, 1.165) is 38.8 Å². The van der Waals surface area contributed by atoms with Crippen LogP contribution in [0.15, 0.2) is 17.2 Å². The van der Waals surface area contributed by atoms with E-state index in [9.17, 15) is 4.79 Å². The Balaban J connectivity index is 1.59. The molecular formula is C15H22N4O. The van der Waals surface area contributed by atoms with Crippen LogP contribution >= 0.6 is 0 Å². The van der Waals surface area contributed by atoms with E-state index in [1.54, 1.807) is 6.20 Å². The minimum atomic E-state index is 0.0953. The summed E-state index contributed by atoms with van der Waals surface area (Å²) in [6, 6.07) is 0.769. The zero-order valence-electron chi connectivity index (χ0n) is 11.7. The number of nitrogens with two attached hydrogens (primary N) is 1. The minimum Gasteiger partial charge on any atom is -0.351 e. The molecular weight excluding hydrogens is 252 g/mol. The summed E-state index contributed by atoms with van der Waals surface area (Å²) in [5.74, 6) is 2.00. The number of aromatic nitrogens is 2. The van der Waals surface area contributed by atoms with Crippen molar-refractivity contribution in [2.75, 3.05) is 18.0 Å². The van der Waals surface area contributed by atoms with E-state index < -0.39 is 0 Å². The number of hydrogen-bond donors (Lipinski definition) is 1. The number of hydrogen-bond acceptors (Lipinski definition) is 4. The van der Waals surface area contributed by atoms with Gasteiger partial charge < -0.3 is 15.2 Å². The minimum absolute atomic E-state index is 0.0953. The van der Waals surface area contributed by atoms with Gasteiger partial charge in [0.15, 0.2) is 5.82 Å². The summed E-state index contributed by atoms with van der Waals surface area (Å²) in [6.07, 6.45) is 9.30. The molecule has 0 radical (unpaired) electrons. The summed E-state index contributed by atoms with van der Waals surface area (Å²) in [5, 5.41) is 0. The highest BCUT2D eigenvalue weighted by Gasteiger charge is 2.38. The molecule has 1 aliphatic heterocycles. The smallest absolute Gasteiger partial charge is 0.293 e. The van der Waals surface area contributed by atoms with Crippen LogP contribution < -0.4 is 16.2 Å². The van der Waals surface area contributed by atoms with Crippen molar-refractivity contribution >= 4 is 5.82 Å². The highest BCUT2D eigenvalue weighted by Crippen LogP contribution is 2.37. The zero-order chi connectivity index (χ0) is 13.7. The Labute approximate surface area is 118 Å². The molecule has 5 nitrogen and oxygen atoms in total. The first-order valence-electron chi connectivity index (χ1n) is 7.80. The molecule has 0 aromatic carbocycles. The predicted molar refractivity (Wildman–Crippen MR) is 77.8 cm³/mol. The third-order valence-electron chi connectivity index (χ3n) is 5.18. The molecule has 0 bridgehead atoms. The standard InChI is InChI=1S/C15H22N4O/c16-12-2-1-10-8-18(9-11(10)7-12)14-15(20)19(6-5-17-14)13-3-4-13/h5-6,10-13H,1-4,7-9,16H2/t10-,11+,12?/m1/s1. The fourth-order valence-corrected chi connectivity index (χ4v) is 3.91. The maximum absolute atomic E-state index is 12.5. The normalized spacial score (nSPS) is 33.2. The Morgan fingerprint density at radius 1 is 1.15 bits per heavy atom. The van der Waals surface area contributed by atoms with E-state index in [-0.39, 0.29) is 5.56 Å². The Morgan fingerprint density at radius 2 is 1.95 bits per heavy atom. The molecule has 0 amide bonds. The number of nitrogens with zero attached hydrogens (tertiary/aromatic N) is 3. The first-order valence-corrected chi connectivity index (χ1v) is 7.80. The van der Waals surface area contributed by atoms with Crippen molar-refractivity contribution in [3.05, 3.63) is 22.7 Å². The van der Waals surface area contributed by atoms with Gasteiger partial charge in [-0.05, 0) is 43.9 Å². The first kappa shape index (κ1) is 12.4. The molecule has 4 rings (SSSR count). The molecule has 3 aliphatic rings. The quantitative estimate of drug-likeness (QED) is 0.878. The van der Waals surface area contributed by atoms with Gasteiger partial charge in [-0.3, -0.25) is 4.79 Å².